The summed E-state index contributed by atoms with van der Waals surface area (Å²) >= 11 is 0. The average Bonchev–Trinajstić information content (AvgIpc) is 2.64. The number of hydrogen-bond donors (Lipinski definition) is 3. The number of nitrogens with one attached hydrogen (secondary N) is 3. The van der Waals surface area contributed by atoms with E-state index < -0.39 is 0 Å². The lowest BCUT2D eigenvalue weighted by Gasteiger charge is -2.22. The zero-order valence-electron chi connectivity index (χ0n) is 15.0. The van der Waals surface area contributed by atoms with Gasteiger partial charge in [0.05, 0.1) is 6.54 Å². The molecule has 0 heterocycles. The fourth-order valence-corrected chi connectivity index (χ4v) is 3.01. The van der Waals surface area contributed by atoms with Gasteiger partial charge in [0.15, 0.2) is 0 Å². The van der Waals surface area contributed by atoms with Crippen LogP contribution in [-0.4, -0.2) is 44.7 Å². The zero-order chi connectivity index (χ0) is 17.9. The van der Waals surface area contributed by atoms with Crippen LogP contribution in [-0.2, 0) is 9.53 Å². The molecule has 6 nitrogen and oxygen atoms in total. The fourth-order valence-electron chi connectivity index (χ4n) is 3.01. The van der Waals surface area contributed by atoms with Crippen LogP contribution in [0.3, 0.4) is 0 Å². The predicted molar refractivity (Wildman–Crippen MR) is 98.8 cm³/mol. The van der Waals surface area contributed by atoms with Crippen LogP contribution in [0.25, 0.3) is 0 Å². The van der Waals surface area contributed by atoms with Gasteiger partial charge in [0.1, 0.15) is 0 Å². The Hall–Kier alpha value is -1.92. The van der Waals surface area contributed by atoms with E-state index in [0.717, 1.165) is 19.3 Å². The summed E-state index contributed by atoms with van der Waals surface area (Å²) in [6, 6.07) is 7.45. The number of anilines is 1. The molecule has 2 rings (SSSR count). The van der Waals surface area contributed by atoms with E-state index >= 15 is 0 Å². The van der Waals surface area contributed by atoms with Crippen molar-refractivity contribution in [2.24, 2.45) is 0 Å². The molecule has 3 N–H and O–H groups in total. The van der Waals surface area contributed by atoms with Crippen molar-refractivity contribution in [2.75, 3.05) is 32.1 Å². The van der Waals surface area contributed by atoms with E-state index in [1.165, 1.54) is 19.3 Å². The van der Waals surface area contributed by atoms with Gasteiger partial charge in [-0.05, 0) is 37.5 Å². The molecule has 1 fully saturated rings. The molecule has 25 heavy (non-hydrogen) atoms. The molecule has 0 bridgehead atoms. The monoisotopic (exact) mass is 347 g/mol. The predicted octanol–water partition coefficient (Wildman–Crippen LogP) is 2.31. The van der Waals surface area contributed by atoms with E-state index in [9.17, 15) is 9.59 Å². The van der Waals surface area contributed by atoms with Gasteiger partial charge in [-0.1, -0.05) is 25.3 Å². The van der Waals surface area contributed by atoms with Gasteiger partial charge >= 0.3 is 0 Å². The van der Waals surface area contributed by atoms with Gasteiger partial charge in [0.2, 0.25) is 5.91 Å². The average molecular weight is 347 g/mol. The van der Waals surface area contributed by atoms with E-state index in [1.54, 1.807) is 31.4 Å². The summed E-state index contributed by atoms with van der Waals surface area (Å²) in [7, 11) is 1.64. The van der Waals surface area contributed by atoms with Crippen molar-refractivity contribution in [2.45, 2.75) is 44.6 Å². The summed E-state index contributed by atoms with van der Waals surface area (Å²) < 4.78 is 4.95. The molecule has 1 saturated carbocycles. The summed E-state index contributed by atoms with van der Waals surface area (Å²) in [6.07, 6.45) is 6.83. The molecule has 138 valence electrons. The Bertz CT molecular complexity index is 557. The number of amides is 2. The second kappa shape index (κ2) is 10.8. The second-order valence-electron chi connectivity index (χ2n) is 6.45. The quantitative estimate of drug-likeness (QED) is 0.599. The van der Waals surface area contributed by atoms with E-state index in [4.69, 9.17) is 4.74 Å². The third kappa shape index (κ3) is 7.23. The molecule has 6 heteroatoms. The maximum Gasteiger partial charge on any atom is 0.251 e. The molecule has 0 saturated heterocycles. The van der Waals surface area contributed by atoms with Gasteiger partial charge < -0.3 is 20.7 Å². The first-order valence-electron chi connectivity index (χ1n) is 9.09. The zero-order valence-corrected chi connectivity index (χ0v) is 15.0. The number of hydrogen-bond acceptors (Lipinski definition) is 4. The number of methoxy groups -OCH3 is 1. The van der Waals surface area contributed by atoms with Crippen molar-refractivity contribution in [3.63, 3.8) is 0 Å². The second-order valence-corrected chi connectivity index (χ2v) is 6.45. The Kier molecular flexibility index (Phi) is 8.42. The fraction of sp³-hybridized carbons (Fsp3) is 0.579. The highest BCUT2D eigenvalue weighted by atomic mass is 16.5. The lowest BCUT2D eigenvalue weighted by Crippen LogP contribution is -2.37. The Morgan fingerprint density at radius 1 is 1.20 bits per heavy atom. The van der Waals surface area contributed by atoms with Crippen LogP contribution in [0.15, 0.2) is 24.3 Å². The third-order valence-electron chi connectivity index (χ3n) is 4.38. The summed E-state index contributed by atoms with van der Waals surface area (Å²) in [5, 5.41) is 9.01. The van der Waals surface area contributed by atoms with Crippen LogP contribution in [0.4, 0.5) is 5.69 Å². The molecule has 1 aromatic rings. The van der Waals surface area contributed by atoms with Gasteiger partial charge in [-0.3, -0.25) is 9.59 Å². The van der Waals surface area contributed by atoms with E-state index in [2.05, 4.69) is 16.0 Å². The first-order chi connectivity index (χ1) is 12.2. The summed E-state index contributed by atoms with van der Waals surface area (Å²) in [6.45, 7) is 1.48. The maximum absolute atomic E-state index is 12.1. The molecular formula is C19H29N3O3. The maximum atomic E-state index is 12.1. The molecule has 0 atom stereocenters. The molecule has 0 aromatic heterocycles. The molecule has 2 amide bonds. The topological polar surface area (TPSA) is 79.5 Å². The summed E-state index contributed by atoms with van der Waals surface area (Å²) in [4.78, 5) is 24.2. The molecule has 1 aliphatic carbocycles. The van der Waals surface area contributed by atoms with Crippen LogP contribution >= 0.6 is 0 Å². The SMILES string of the molecule is COCCCNC(=O)c1cccc(NC(=O)CNC2CCCCC2)c1. The number of benzene rings is 1. The van der Waals surface area contributed by atoms with Crippen molar-refractivity contribution < 1.29 is 14.3 Å². The van der Waals surface area contributed by atoms with Crippen molar-refractivity contribution in [1.82, 2.24) is 10.6 Å². The van der Waals surface area contributed by atoms with Crippen LogP contribution < -0.4 is 16.0 Å². The van der Waals surface area contributed by atoms with Crippen LogP contribution in [0.2, 0.25) is 0 Å². The highest BCUT2D eigenvalue weighted by Crippen LogP contribution is 2.17. The molecule has 0 unspecified atom stereocenters. The van der Waals surface area contributed by atoms with Crippen molar-refractivity contribution in [3.05, 3.63) is 29.8 Å². The van der Waals surface area contributed by atoms with Gasteiger partial charge in [0.25, 0.3) is 5.91 Å². The first-order valence-corrected chi connectivity index (χ1v) is 9.09. The number of carbonyl (C=O) groups excluding carboxylic acids is 2. The standard InChI is InChI=1S/C19H29N3O3/c1-25-12-6-11-20-19(24)15-7-5-10-17(13-15)22-18(23)14-21-16-8-3-2-4-9-16/h5,7,10,13,16,21H,2-4,6,8-9,11-12,14H2,1H3,(H,20,24)(H,22,23). The number of carbonyl (C=O) groups is 2. The minimum absolute atomic E-state index is 0.0803. The Balaban J connectivity index is 1.77. The van der Waals surface area contributed by atoms with E-state index in [-0.39, 0.29) is 11.8 Å². The molecule has 1 aliphatic rings. The van der Waals surface area contributed by atoms with Gasteiger partial charge in [0, 0.05) is 37.6 Å². The van der Waals surface area contributed by atoms with Gasteiger partial charge in [-0.25, -0.2) is 0 Å². The third-order valence-corrected chi connectivity index (χ3v) is 4.38. The minimum atomic E-state index is -0.146. The molecule has 0 aliphatic heterocycles. The number of ether oxygens (including phenoxy) is 1. The van der Waals surface area contributed by atoms with Crippen molar-refractivity contribution in [3.8, 4) is 0 Å². The van der Waals surface area contributed by atoms with E-state index in [1.807, 2.05) is 0 Å². The van der Waals surface area contributed by atoms with Crippen LogP contribution in [0.5, 0.6) is 0 Å². The molecule has 1 aromatic carbocycles. The largest absolute Gasteiger partial charge is 0.385 e. The minimum Gasteiger partial charge on any atom is -0.385 e. The smallest absolute Gasteiger partial charge is 0.251 e. The lowest BCUT2D eigenvalue weighted by atomic mass is 9.95. The normalized spacial score (nSPS) is 14.9. The highest BCUT2D eigenvalue weighted by molar-refractivity contribution is 5.97. The Morgan fingerprint density at radius 2 is 2.00 bits per heavy atom. The Labute approximate surface area is 149 Å². The molecular weight excluding hydrogens is 318 g/mol. The van der Waals surface area contributed by atoms with Gasteiger partial charge in [-0.15, -0.1) is 0 Å². The van der Waals surface area contributed by atoms with Crippen LogP contribution in [0, 0.1) is 0 Å². The van der Waals surface area contributed by atoms with Crippen molar-refractivity contribution in [1.29, 1.82) is 0 Å². The molecule has 0 radical (unpaired) electrons. The van der Waals surface area contributed by atoms with E-state index in [0.29, 0.717) is 37.0 Å². The molecule has 0 spiro atoms. The van der Waals surface area contributed by atoms with Crippen LogP contribution in [0.1, 0.15) is 48.9 Å². The Morgan fingerprint density at radius 3 is 2.76 bits per heavy atom. The lowest BCUT2D eigenvalue weighted by molar-refractivity contribution is -0.115. The first kappa shape index (κ1) is 19.4. The highest BCUT2D eigenvalue weighted by Gasteiger charge is 2.14. The number of rotatable bonds is 9. The van der Waals surface area contributed by atoms with Crippen molar-refractivity contribution >= 4 is 17.5 Å². The summed E-state index contributed by atoms with van der Waals surface area (Å²) in [5.74, 6) is -0.226. The summed E-state index contributed by atoms with van der Waals surface area (Å²) in [5.41, 5.74) is 1.18. The van der Waals surface area contributed by atoms with Gasteiger partial charge in [-0.2, -0.15) is 0 Å².